The maximum atomic E-state index is 8.77. The highest BCUT2D eigenvalue weighted by Gasteiger charge is 2.19. The molecule has 0 aromatic carbocycles. The first kappa shape index (κ1) is 12.4. The van der Waals surface area contributed by atoms with Gasteiger partial charge in [0.1, 0.15) is 5.82 Å². The van der Waals surface area contributed by atoms with Gasteiger partial charge in [-0.3, -0.25) is 4.68 Å². The molecule has 1 rings (SSSR count). The van der Waals surface area contributed by atoms with Crippen LogP contribution in [0.2, 0.25) is 0 Å². The van der Waals surface area contributed by atoms with Crippen molar-refractivity contribution in [3.05, 3.63) is 11.3 Å². The van der Waals surface area contributed by atoms with Crippen LogP contribution in [0.1, 0.15) is 24.6 Å². The monoisotopic (exact) mass is 225 g/mol. The van der Waals surface area contributed by atoms with Gasteiger partial charge < -0.3 is 15.8 Å². The van der Waals surface area contributed by atoms with Gasteiger partial charge in [0.25, 0.3) is 0 Å². The Hall–Kier alpha value is -1.72. The van der Waals surface area contributed by atoms with Crippen molar-refractivity contribution in [3.63, 3.8) is 0 Å². The van der Waals surface area contributed by atoms with Crippen molar-refractivity contribution in [3.8, 4) is 0 Å². The SMILES string of the molecule is CCCN(C)c1c(C(N)=NO)c(C)nn1C. The van der Waals surface area contributed by atoms with Crippen LogP contribution in [0.4, 0.5) is 5.82 Å². The molecule has 0 aliphatic carbocycles. The Balaban J connectivity index is 3.26. The molecule has 0 aliphatic heterocycles. The summed E-state index contributed by atoms with van der Waals surface area (Å²) in [7, 11) is 3.82. The first-order chi connectivity index (χ1) is 7.52. The van der Waals surface area contributed by atoms with Crippen molar-refractivity contribution >= 4 is 11.7 Å². The van der Waals surface area contributed by atoms with E-state index in [2.05, 4.69) is 17.2 Å². The molecular weight excluding hydrogens is 206 g/mol. The van der Waals surface area contributed by atoms with E-state index in [1.807, 2.05) is 25.9 Å². The molecule has 0 saturated carbocycles. The van der Waals surface area contributed by atoms with E-state index in [-0.39, 0.29) is 5.84 Å². The molecule has 16 heavy (non-hydrogen) atoms. The van der Waals surface area contributed by atoms with Crippen molar-refractivity contribution in [1.82, 2.24) is 9.78 Å². The van der Waals surface area contributed by atoms with Crippen molar-refractivity contribution in [1.29, 1.82) is 0 Å². The van der Waals surface area contributed by atoms with Crippen molar-refractivity contribution in [2.45, 2.75) is 20.3 Å². The van der Waals surface area contributed by atoms with Gasteiger partial charge in [-0.05, 0) is 13.3 Å². The highest BCUT2D eigenvalue weighted by molar-refractivity contribution is 6.02. The van der Waals surface area contributed by atoms with Crippen LogP contribution in [0.5, 0.6) is 0 Å². The molecule has 0 fully saturated rings. The molecule has 3 N–H and O–H groups in total. The average molecular weight is 225 g/mol. The predicted octanol–water partition coefficient (Wildman–Crippen LogP) is 0.669. The third kappa shape index (κ3) is 2.10. The van der Waals surface area contributed by atoms with Gasteiger partial charge in [-0.2, -0.15) is 5.10 Å². The minimum absolute atomic E-state index is 0.101. The van der Waals surface area contributed by atoms with E-state index < -0.39 is 0 Å². The van der Waals surface area contributed by atoms with Gasteiger partial charge in [-0.25, -0.2) is 0 Å². The van der Waals surface area contributed by atoms with Crippen LogP contribution in [0.3, 0.4) is 0 Å². The lowest BCUT2D eigenvalue weighted by Gasteiger charge is -2.19. The second-order valence-electron chi connectivity index (χ2n) is 3.81. The quantitative estimate of drug-likeness (QED) is 0.341. The van der Waals surface area contributed by atoms with Gasteiger partial charge in [-0.1, -0.05) is 12.1 Å². The molecule has 1 aromatic heterocycles. The van der Waals surface area contributed by atoms with Crippen LogP contribution in [0.15, 0.2) is 5.16 Å². The fourth-order valence-electron chi connectivity index (χ4n) is 1.88. The van der Waals surface area contributed by atoms with Gasteiger partial charge in [0, 0.05) is 20.6 Å². The summed E-state index contributed by atoms with van der Waals surface area (Å²) >= 11 is 0. The highest BCUT2D eigenvalue weighted by Crippen LogP contribution is 2.21. The number of amidine groups is 1. The van der Waals surface area contributed by atoms with Crippen molar-refractivity contribution < 1.29 is 5.21 Å². The molecule has 1 aromatic rings. The number of anilines is 1. The molecule has 6 heteroatoms. The minimum atomic E-state index is 0.101. The summed E-state index contributed by atoms with van der Waals surface area (Å²) in [4.78, 5) is 2.05. The Bertz CT molecular complexity index is 396. The molecule has 90 valence electrons. The second kappa shape index (κ2) is 4.87. The lowest BCUT2D eigenvalue weighted by molar-refractivity contribution is 0.318. The summed E-state index contributed by atoms with van der Waals surface area (Å²) in [5.74, 6) is 0.971. The Kier molecular flexibility index (Phi) is 3.76. The molecule has 0 aliphatic rings. The molecule has 0 bridgehead atoms. The topological polar surface area (TPSA) is 79.7 Å². The molecule has 0 saturated heterocycles. The zero-order valence-electron chi connectivity index (χ0n) is 10.2. The highest BCUT2D eigenvalue weighted by atomic mass is 16.4. The molecule has 0 radical (unpaired) electrons. The second-order valence-corrected chi connectivity index (χ2v) is 3.81. The summed E-state index contributed by atoms with van der Waals surface area (Å²) in [6.45, 7) is 4.84. The first-order valence-corrected chi connectivity index (χ1v) is 5.25. The third-order valence-corrected chi connectivity index (χ3v) is 2.48. The van der Waals surface area contributed by atoms with E-state index in [4.69, 9.17) is 10.9 Å². The molecule has 0 amide bonds. The Labute approximate surface area is 95.3 Å². The van der Waals surface area contributed by atoms with Crippen LogP contribution in [0, 0.1) is 6.92 Å². The third-order valence-electron chi connectivity index (χ3n) is 2.48. The number of hydrogen-bond acceptors (Lipinski definition) is 4. The Morgan fingerprint density at radius 3 is 2.75 bits per heavy atom. The number of nitrogens with two attached hydrogens (primary N) is 1. The number of aryl methyl sites for hydroxylation is 2. The van der Waals surface area contributed by atoms with E-state index in [0.29, 0.717) is 5.56 Å². The first-order valence-electron chi connectivity index (χ1n) is 5.25. The smallest absolute Gasteiger partial charge is 0.175 e. The number of nitrogens with zero attached hydrogens (tertiary/aromatic N) is 4. The Morgan fingerprint density at radius 1 is 1.62 bits per heavy atom. The molecule has 0 unspecified atom stereocenters. The fourth-order valence-corrected chi connectivity index (χ4v) is 1.88. The van der Waals surface area contributed by atoms with E-state index >= 15 is 0 Å². The summed E-state index contributed by atoms with van der Waals surface area (Å²) in [6.07, 6.45) is 1.02. The zero-order valence-corrected chi connectivity index (χ0v) is 10.2. The number of rotatable bonds is 4. The normalized spacial score (nSPS) is 11.9. The molecule has 0 spiro atoms. The number of hydrogen-bond donors (Lipinski definition) is 2. The van der Waals surface area contributed by atoms with Gasteiger partial charge in [0.05, 0.1) is 11.3 Å². The summed E-state index contributed by atoms with van der Waals surface area (Å²) in [5.41, 5.74) is 7.12. The lowest BCUT2D eigenvalue weighted by atomic mass is 10.2. The van der Waals surface area contributed by atoms with Gasteiger partial charge in [0.15, 0.2) is 5.84 Å². The Morgan fingerprint density at radius 2 is 2.25 bits per heavy atom. The molecule has 6 nitrogen and oxygen atoms in total. The van der Waals surface area contributed by atoms with E-state index in [1.165, 1.54) is 0 Å². The van der Waals surface area contributed by atoms with Crippen LogP contribution in [-0.4, -0.2) is 34.4 Å². The van der Waals surface area contributed by atoms with E-state index in [9.17, 15) is 0 Å². The molecule has 0 atom stereocenters. The van der Waals surface area contributed by atoms with E-state index in [1.54, 1.807) is 4.68 Å². The van der Waals surface area contributed by atoms with Gasteiger partial charge in [0.2, 0.25) is 0 Å². The standard InChI is InChI=1S/C10H19N5O/c1-5-6-14(3)10-8(9(11)13-16)7(2)12-15(10)4/h16H,5-6H2,1-4H3,(H2,11,13). The minimum Gasteiger partial charge on any atom is -0.409 e. The summed E-state index contributed by atoms with van der Waals surface area (Å²) in [5, 5.41) is 16.1. The zero-order chi connectivity index (χ0) is 12.3. The maximum Gasteiger partial charge on any atom is 0.175 e. The van der Waals surface area contributed by atoms with Crippen molar-refractivity contribution in [2.24, 2.45) is 17.9 Å². The largest absolute Gasteiger partial charge is 0.409 e. The predicted molar refractivity (Wildman–Crippen MR) is 64.0 cm³/mol. The molecule has 1 heterocycles. The van der Waals surface area contributed by atoms with Crippen LogP contribution < -0.4 is 10.6 Å². The summed E-state index contributed by atoms with van der Waals surface area (Å²) < 4.78 is 1.75. The summed E-state index contributed by atoms with van der Waals surface area (Å²) in [6, 6.07) is 0. The number of oxime groups is 1. The average Bonchev–Trinajstić information content (AvgIpc) is 2.53. The maximum absolute atomic E-state index is 8.77. The van der Waals surface area contributed by atoms with E-state index in [0.717, 1.165) is 24.5 Å². The van der Waals surface area contributed by atoms with Crippen LogP contribution in [0.25, 0.3) is 0 Å². The van der Waals surface area contributed by atoms with Gasteiger partial charge >= 0.3 is 0 Å². The fraction of sp³-hybridized carbons (Fsp3) is 0.600. The number of aromatic nitrogens is 2. The lowest BCUT2D eigenvalue weighted by Crippen LogP contribution is -2.25. The van der Waals surface area contributed by atoms with Gasteiger partial charge in [-0.15, -0.1) is 0 Å². The van der Waals surface area contributed by atoms with Crippen LogP contribution in [-0.2, 0) is 7.05 Å². The van der Waals surface area contributed by atoms with Crippen molar-refractivity contribution in [2.75, 3.05) is 18.5 Å². The molecular formula is C10H19N5O. The van der Waals surface area contributed by atoms with Crippen LogP contribution >= 0.6 is 0 Å².